The van der Waals surface area contributed by atoms with Crippen LogP contribution in [0.15, 0.2) is 10.9 Å². The van der Waals surface area contributed by atoms with Gasteiger partial charge in [-0.3, -0.25) is 14.2 Å². The van der Waals surface area contributed by atoms with E-state index >= 15 is 0 Å². The molecule has 1 heterocycles. The predicted octanol–water partition coefficient (Wildman–Crippen LogP) is 2.32. The monoisotopic (exact) mass is 299 g/mol. The van der Waals surface area contributed by atoms with Gasteiger partial charge < -0.3 is 5.32 Å². The zero-order chi connectivity index (χ0) is 15.3. The molecule has 1 unspecified atom stereocenters. The Morgan fingerprint density at radius 2 is 2.10 bits per heavy atom. The van der Waals surface area contributed by atoms with Gasteiger partial charge in [0.25, 0.3) is 5.56 Å². The lowest BCUT2D eigenvalue weighted by Gasteiger charge is -2.16. The van der Waals surface area contributed by atoms with E-state index in [4.69, 9.17) is 11.6 Å². The lowest BCUT2D eigenvalue weighted by atomic mass is 10.2. The van der Waals surface area contributed by atoms with Gasteiger partial charge in [-0.25, -0.2) is 4.98 Å². The average Bonchev–Trinajstić information content (AvgIpc) is 2.32. The van der Waals surface area contributed by atoms with Crippen LogP contribution in [-0.2, 0) is 11.3 Å². The summed E-state index contributed by atoms with van der Waals surface area (Å²) in [7, 11) is 0. The van der Waals surface area contributed by atoms with Gasteiger partial charge in [0.1, 0.15) is 17.5 Å². The molecule has 1 aromatic heterocycles. The van der Waals surface area contributed by atoms with Crippen molar-refractivity contribution in [2.24, 2.45) is 0 Å². The second kappa shape index (κ2) is 7.43. The summed E-state index contributed by atoms with van der Waals surface area (Å²) in [5.41, 5.74) is -0.299. The Morgan fingerprint density at radius 3 is 2.65 bits per heavy atom. The van der Waals surface area contributed by atoms with Crippen molar-refractivity contribution in [3.05, 3.63) is 27.4 Å². The summed E-state index contributed by atoms with van der Waals surface area (Å²) in [6.45, 7) is 7.81. The highest BCUT2D eigenvalue weighted by Crippen LogP contribution is 2.12. The summed E-state index contributed by atoms with van der Waals surface area (Å²) in [6, 6.07) is 1.34. The van der Waals surface area contributed by atoms with Crippen LogP contribution in [0.3, 0.4) is 0 Å². The molecule has 0 radical (unpaired) electrons. The van der Waals surface area contributed by atoms with Crippen LogP contribution in [0.25, 0.3) is 0 Å². The minimum atomic E-state index is -0.299. The molecule has 0 spiro atoms. The van der Waals surface area contributed by atoms with Crippen LogP contribution in [0.4, 0.5) is 0 Å². The first-order chi connectivity index (χ1) is 9.35. The molecule has 6 heteroatoms. The third-order valence-electron chi connectivity index (χ3n) is 2.95. The van der Waals surface area contributed by atoms with E-state index in [1.54, 1.807) is 0 Å². The van der Waals surface area contributed by atoms with Crippen molar-refractivity contribution in [1.82, 2.24) is 14.9 Å². The largest absolute Gasteiger partial charge is 0.352 e. The summed E-state index contributed by atoms with van der Waals surface area (Å²) in [5.74, 6) is 0.363. The number of carbonyl (C=O) groups is 1. The first kappa shape index (κ1) is 16.7. The fourth-order valence-electron chi connectivity index (χ4n) is 2.06. The van der Waals surface area contributed by atoms with Crippen LogP contribution in [0, 0.1) is 0 Å². The number of aromatic nitrogens is 2. The van der Waals surface area contributed by atoms with E-state index in [0.29, 0.717) is 5.82 Å². The van der Waals surface area contributed by atoms with Crippen molar-refractivity contribution in [3.8, 4) is 0 Å². The fraction of sp³-hybridized carbons (Fsp3) is 0.643. The van der Waals surface area contributed by atoms with E-state index in [0.717, 1.165) is 12.8 Å². The zero-order valence-electron chi connectivity index (χ0n) is 12.4. The molecule has 5 nitrogen and oxygen atoms in total. The van der Waals surface area contributed by atoms with Crippen molar-refractivity contribution in [2.45, 2.75) is 59.0 Å². The van der Waals surface area contributed by atoms with Crippen molar-refractivity contribution >= 4 is 17.5 Å². The predicted molar refractivity (Wildman–Crippen MR) is 80.1 cm³/mol. The van der Waals surface area contributed by atoms with Crippen molar-refractivity contribution < 1.29 is 4.79 Å². The van der Waals surface area contributed by atoms with Gasteiger partial charge in [-0.1, -0.05) is 38.8 Å². The highest BCUT2D eigenvalue weighted by Gasteiger charge is 2.15. The van der Waals surface area contributed by atoms with Crippen molar-refractivity contribution in [2.75, 3.05) is 0 Å². The van der Waals surface area contributed by atoms with E-state index in [1.165, 1.54) is 10.6 Å². The number of nitrogens with one attached hydrogen (secondary N) is 1. The topological polar surface area (TPSA) is 64.0 Å². The van der Waals surface area contributed by atoms with Gasteiger partial charge in [-0.15, -0.1) is 0 Å². The van der Waals surface area contributed by atoms with Crippen LogP contribution in [-0.4, -0.2) is 21.5 Å². The quantitative estimate of drug-likeness (QED) is 0.820. The van der Waals surface area contributed by atoms with Gasteiger partial charge in [0.05, 0.1) is 0 Å². The van der Waals surface area contributed by atoms with E-state index < -0.39 is 0 Å². The number of hydrogen-bond acceptors (Lipinski definition) is 3. The molecule has 1 atom stereocenters. The number of nitrogens with zero attached hydrogens (tertiary/aromatic N) is 2. The molecule has 0 aliphatic carbocycles. The number of hydrogen-bond donors (Lipinski definition) is 1. The van der Waals surface area contributed by atoms with E-state index in [-0.39, 0.29) is 35.1 Å². The molecule has 0 fully saturated rings. The fourth-order valence-corrected chi connectivity index (χ4v) is 2.24. The maximum atomic E-state index is 12.0. The third-order valence-corrected chi connectivity index (χ3v) is 3.15. The summed E-state index contributed by atoms with van der Waals surface area (Å²) >= 11 is 5.80. The Bertz CT molecular complexity index is 526. The van der Waals surface area contributed by atoms with Gasteiger partial charge in [-0.05, 0) is 13.3 Å². The Hall–Kier alpha value is -1.36. The zero-order valence-corrected chi connectivity index (χ0v) is 13.2. The van der Waals surface area contributed by atoms with Crippen LogP contribution < -0.4 is 10.9 Å². The molecule has 0 bridgehead atoms. The molecule has 20 heavy (non-hydrogen) atoms. The molecule has 1 aromatic rings. The first-order valence-corrected chi connectivity index (χ1v) is 7.29. The van der Waals surface area contributed by atoms with Gasteiger partial charge >= 0.3 is 0 Å². The molecule has 1 rings (SSSR count). The Kier molecular flexibility index (Phi) is 6.20. The minimum absolute atomic E-state index is 0.0160. The molecule has 0 aliphatic rings. The Morgan fingerprint density at radius 1 is 1.45 bits per heavy atom. The van der Waals surface area contributed by atoms with Gasteiger partial charge in [0.15, 0.2) is 0 Å². The van der Waals surface area contributed by atoms with E-state index in [9.17, 15) is 9.59 Å². The molecule has 0 aliphatic heterocycles. The van der Waals surface area contributed by atoms with Crippen molar-refractivity contribution in [3.63, 3.8) is 0 Å². The number of halogens is 1. The normalized spacial score (nSPS) is 12.5. The van der Waals surface area contributed by atoms with Gasteiger partial charge in [-0.2, -0.15) is 0 Å². The van der Waals surface area contributed by atoms with Gasteiger partial charge in [0, 0.05) is 18.0 Å². The third kappa shape index (κ3) is 4.63. The minimum Gasteiger partial charge on any atom is -0.352 e. The molecule has 0 saturated carbocycles. The number of carbonyl (C=O) groups excluding carboxylic acids is 1. The molecular formula is C14H22ClN3O2. The Labute approximate surface area is 124 Å². The van der Waals surface area contributed by atoms with E-state index in [1.807, 2.05) is 20.8 Å². The number of rotatable bonds is 6. The lowest BCUT2D eigenvalue weighted by Crippen LogP contribution is -2.38. The average molecular weight is 300 g/mol. The number of amides is 1. The van der Waals surface area contributed by atoms with Crippen molar-refractivity contribution in [1.29, 1.82) is 0 Å². The molecule has 0 aromatic carbocycles. The molecule has 112 valence electrons. The molecule has 1 amide bonds. The molecule has 0 saturated heterocycles. The second-order valence-corrected chi connectivity index (χ2v) is 5.66. The van der Waals surface area contributed by atoms with Crippen LogP contribution in [0.5, 0.6) is 0 Å². The second-order valence-electron chi connectivity index (χ2n) is 5.27. The SMILES string of the molecule is CCCC(C)NC(=O)Cn1c(C(C)C)nc(Cl)cc1=O. The van der Waals surface area contributed by atoms with Crippen LogP contribution in [0.2, 0.25) is 5.15 Å². The van der Waals surface area contributed by atoms with Crippen LogP contribution >= 0.6 is 11.6 Å². The van der Waals surface area contributed by atoms with Crippen LogP contribution in [0.1, 0.15) is 52.3 Å². The highest BCUT2D eigenvalue weighted by atomic mass is 35.5. The lowest BCUT2D eigenvalue weighted by molar-refractivity contribution is -0.122. The molecular weight excluding hydrogens is 278 g/mol. The summed E-state index contributed by atoms with van der Waals surface area (Å²) in [5, 5.41) is 3.04. The Balaban J connectivity index is 2.92. The molecule has 1 N–H and O–H groups in total. The smallest absolute Gasteiger partial charge is 0.255 e. The van der Waals surface area contributed by atoms with Gasteiger partial charge in [0.2, 0.25) is 5.91 Å². The summed E-state index contributed by atoms with van der Waals surface area (Å²) < 4.78 is 1.38. The summed E-state index contributed by atoms with van der Waals surface area (Å²) in [4.78, 5) is 28.1. The standard InChI is InChI=1S/C14H22ClN3O2/c1-5-6-10(4)16-12(19)8-18-13(20)7-11(15)17-14(18)9(2)3/h7,9-10H,5-6,8H2,1-4H3,(H,16,19). The summed E-state index contributed by atoms with van der Waals surface area (Å²) in [6.07, 6.45) is 1.91. The maximum Gasteiger partial charge on any atom is 0.255 e. The highest BCUT2D eigenvalue weighted by molar-refractivity contribution is 6.29. The van der Waals surface area contributed by atoms with E-state index in [2.05, 4.69) is 17.2 Å². The first-order valence-electron chi connectivity index (χ1n) is 6.91. The maximum absolute atomic E-state index is 12.0.